The molecule has 174 valence electrons. The van der Waals surface area contributed by atoms with Crippen molar-refractivity contribution in [3.63, 3.8) is 0 Å². The molecule has 2 aromatic carbocycles. The second-order valence-corrected chi connectivity index (χ2v) is 8.81. The van der Waals surface area contributed by atoms with Crippen molar-refractivity contribution >= 4 is 5.91 Å². The van der Waals surface area contributed by atoms with Crippen molar-refractivity contribution in [2.24, 2.45) is 0 Å². The van der Waals surface area contributed by atoms with Crippen LogP contribution in [0.2, 0.25) is 0 Å². The fraction of sp³-hybridized carbons (Fsp3) is 0.296. The quantitative estimate of drug-likeness (QED) is 0.437. The molecule has 7 heteroatoms. The molecule has 34 heavy (non-hydrogen) atoms. The molecule has 3 heterocycles. The SMILES string of the molecule is Cc1noc(C)c1CN1CCN(C(=O)c2cn(Cc3ccccc3)nc2-c2ccccc2)CC1. The van der Waals surface area contributed by atoms with Crippen LogP contribution in [-0.2, 0) is 13.1 Å². The van der Waals surface area contributed by atoms with E-state index in [1.54, 1.807) is 0 Å². The highest BCUT2D eigenvalue weighted by Crippen LogP contribution is 2.25. The number of hydrogen-bond donors (Lipinski definition) is 0. The molecule has 1 amide bonds. The van der Waals surface area contributed by atoms with Gasteiger partial charge in [-0.3, -0.25) is 14.4 Å². The second-order valence-electron chi connectivity index (χ2n) is 8.81. The first-order valence-electron chi connectivity index (χ1n) is 11.7. The minimum atomic E-state index is 0.0372. The molecule has 1 aliphatic rings. The third-order valence-corrected chi connectivity index (χ3v) is 6.45. The van der Waals surface area contributed by atoms with Gasteiger partial charge >= 0.3 is 0 Å². The first-order chi connectivity index (χ1) is 16.6. The van der Waals surface area contributed by atoms with E-state index in [9.17, 15) is 4.79 Å². The number of rotatable bonds is 6. The van der Waals surface area contributed by atoms with E-state index in [0.29, 0.717) is 25.2 Å². The van der Waals surface area contributed by atoms with Gasteiger partial charge in [-0.25, -0.2) is 0 Å². The zero-order valence-corrected chi connectivity index (χ0v) is 19.6. The highest BCUT2D eigenvalue weighted by atomic mass is 16.5. The fourth-order valence-electron chi connectivity index (χ4n) is 4.47. The number of piperazine rings is 1. The number of amides is 1. The maximum absolute atomic E-state index is 13.6. The van der Waals surface area contributed by atoms with E-state index in [1.807, 2.05) is 78.2 Å². The number of aromatic nitrogens is 3. The predicted molar refractivity (Wildman–Crippen MR) is 130 cm³/mol. The normalized spacial score (nSPS) is 14.5. The van der Waals surface area contributed by atoms with Gasteiger partial charge in [0.2, 0.25) is 0 Å². The average molecular weight is 456 g/mol. The number of hydrogen-bond acceptors (Lipinski definition) is 5. The van der Waals surface area contributed by atoms with Crippen LogP contribution in [0.15, 0.2) is 71.4 Å². The van der Waals surface area contributed by atoms with Crippen LogP contribution in [0.3, 0.4) is 0 Å². The van der Waals surface area contributed by atoms with Gasteiger partial charge in [-0.1, -0.05) is 65.8 Å². The Morgan fingerprint density at radius 2 is 1.59 bits per heavy atom. The summed E-state index contributed by atoms with van der Waals surface area (Å²) in [6, 6.07) is 20.1. The van der Waals surface area contributed by atoms with Gasteiger partial charge in [0, 0.05) is 50.0 Å². The van der Waals surface area contributed by atoms with Crippen molar-refractivity contribution in [2.45, 2.75) is 26.9 Å². The molecule has 0 atom stereocenters. The van der Waals surface area contributed by atoms with Gasteiger partial charge < -0.3 is 9.42 Å². The lowest BCUT2D eigenvalue weighted by Crippen LogP contribution is -2.48. The first kappa shape index (κ1) is 22.1. The molecule has 4 aromatic rings. The van der Waals surface area contributed by atoms with Crippen LogP contribution < -0.4 is 0 Å². The van der Waals surface area contributed by atoms with Crippen LogP contribution in [-0.4, -0.2) is 56.8 Å². The summed E-state index contributed by atoms with van der Waals surface area (Å²) in [7, 11) is 0. The topological polar surface area (TPSA) is 67.4 Å². The monoisotopic (exact) mass is 455 g/mol. The highest BCUT2D eigenvalue weighted by Gasteiger charge is 2.27. The molecule has 5 rings (SSSR count). The number of benzene rings is 2. The summed E-state index contributed by atoms with van der Waals surface area (Å²) < 4.78 is 7.18. The lowest BCUT2D eigenvalue weighted by Gasteiger charge is -2.34. The maximum atomic E-state index is 13.6. The molecule has 7 nitrogen and oxygen atoms in total. The molecular formula is C27H29N5O2. The Morgan fingerprint density at radius 1 is 0.912 bits per heavy atom. The number of carbonyl (C=O) groups excluding carboxylic acids is 1. The average Bonchev–Trinajstić information content (AvgIpc) is 3.44. The van der Waals surface area contributed by atoms with Crippen LogP contribution in [0.25, 0.3) is 11.3 Å². The second kappa shape index (κ2) is 9.65. The molecule has 0 N–H and O–H groups in total. The van der Waals surface area contributed by atoms with E-state index in [2.05, 4.69) is 22.2 Å². The minimum Gasteiger partial charge on any atom is -0.361 e. The molecule has 2 aromatic heterocycles. The minimum absolute atomic E-state index is 0.0372. The predicted octanol–water partition coefficient (Wildman–Crippen LogP) is 4.16. The Morgan fingerprint density at radius 3 is 2.24 bits per heavy atom. The summed E-state index contributed by atoms with van der Waals surface area (Å²) in [5.74, 6) is 0.907. The van der Waals surface area contributed by atoms with Crippen molar-refractivity contribution in [1.82, 2.24) is 24.7 Å². The van der Waals surface area contributed by atoms with Crippen molar-refractivity contribution in [1.29, 1.82) is 0 Å². The standard InChI is InChI=1S/C27H29N5O2/c1-20-24(21(2)34-29-20)18-30-13-15-31(16-14-30)27(33)25-19-32(17-22-9-5-3-6-10-22)28-26(25)23-11-7-4-8-12-23/h3-12,19H,13-18H2,1-2H3. The number of nitrogens with zero attached hydrogens (tertiary/aromatic N) is 5. The van der Waals surface area contributed by atoms with Gasteiger partial charge in [-0.15, -0.1) is 0 Å². The van der Waals surface area contributed by atoms with Gasteiger partial charge in [0.05, 0.1) is 17.8 Å². The molecule has 1 fully saturated rings. The van der Waals surface area contributed by atoms with Crippen molar-refractivity contribution in [3.8, 4) is 11.3 Å². The molecule has 1 saturated heterocycles. The molecule has 0 aliphatic carbocycles. The van der Waals surface area contributed by atoms with Gasteiger partial charge in [-0.2, -0.15) is 5.10 Å². The summed E-state index contributed by atoms with van der Waals surface area (Å²) >= 11 is 0. The number of aryl methyl sites for hydroxylation is 2. The van der Waals surface area contributed by atoms with E-state index < -0.39 is 0 Å². The molecule has 0 spiro atoms. The third-order valence-electron chi connectivity index (χ3n) is 6.45. The van der Waals surface area contributed by atoms with Crippen LogP contribution in [0, 0.1) is 13.8 Å². The van der Waals surface area contributed by atoms with Crippen LogP contribution in [0.5, 0.6) is 0 Å². The van der Waals surface area contributed by atoms with Crippen molar-refractivity contribution in [3.05, 3.63) is 95.0 Å². The molecule has 0 bridgehead atoms. The van der Waals surface area contributed by atoms with Gasteiger partial charge in [0.25, 0.3) is 5.91 Å². The first-order valence-corrected chi connectivity index (χ1v) is 11.7. The lowest BCUT2D eigenvalue weighted by molar-refractivity contribution is 0.0628. The third kappa shape index (κ3) is 4.65. The van der Waals surface area contributed by atoms with E-state index in [0.717, 1.165) is 53.5 Å². The molecular weight excluding hydrogens is 426 g/mol. The Balaban J connectivity index is 1.33. The maximum Gasteiger partial charge on any atom is 0.257 e. The van der Waals surface area contributed by atoms with Crippen LogP contribution >= 0.6 is 0 Å². The summed E-state index contributed by atoms with van der Waals surface area (Å²) in [6.45, 7) is 8.34. The molecule has 0 saturated carbocycles. The zero-order chi connectivity index (χ0) is 23.5. The summed E-state index contributed by atoms with van der Waals surface area (Å²) in [5.41, 5.74) is 5.58. The Hall–Kier alpha value is -3.71. The summed E-state index contributed by atoms with van der Waals surface area (Å²) in [6.07, 6.45) is 1.90. The van der Waals surface area contributed by atoms with Gasteiger partial charge in [-0.05, 0) is 19.4 Å². The molecule has 1 aliphatic heterocycles. The van der Waals surface area contributed by atoms with E-state index in [1.165, 1.54) is 0 Å². The number of carbonyl (C=O) groups is 1. The summed E-state index contributed by atoms with van der Waals surface area (Å²) in [5, 5.41) is 8.88. The summed E-state index contributed by atoms with van der Waals surface area (Å²) in [4.78, 5) is 17.9. The lowest BCUT2D eigenvalue weighted by atomic mass is 10.1. The van der Waals surface area contributed by atoms with Crippen molar-refractivity contribution in [2.75, 3.05) is 26.2 Å². The highest BCUT2D eigenvalue weighted by molar-refractivity contribution is 5.99. The van der Waals surface area contributed by atoms with Crippen LogP contribution in [0.1, 0.15) is 32.9 Å². The van der Waals surface area contributed by atoms with E-state index in [-0.39, 0.29) is 5.91 Å². The van der Waals surface area contributed by atoms with Gasteiger partial charge in [0.15, 0.2) is 0 Å². The Kier molecular flexibility index (Phi) is 6.27. The Bertz CT molecular complexity index is 1240. The largest absolute Gasteiger partial charge is 0.361 e. The van der Waals surface area contributed by atoms with Gasteiger partial charge in [0.1, 0.15) is 11.5 Å². The zero-order valence-electron chi connectivity index (χ0n) is 19.6. The molecule has 0 unspecified atom stereocenters. The van der Waals surface area contributed by atoms with E-state index in [4.69, 9.17) is 9.62 Å². The van der Waals surface area contributed by atoms with E-state index >= 15 is 0 Å². The Labute approximate surface area is 199 Å². The fourth-order valence-corrected chi connectivity index (χ4v) is 4.47. The van der Waals surface area contributed by atoms with Crippen molar-refractivity contribution < 1.29 is 9.32 Å². The smallest absolute Gasteiger partial charge is 0.257 e. The molecule has 0 radical (unpaired) electrons. The van der Waals surface area contributed by atoms with Crippen LogP contribution in [0.4, 0.5) is 0 Å².